The van der Waals surface area contributed by atoms with E-state index in [1.807, 2.05) is 0 Å². The fourth-order valence-corrected chi connectivity index (χ4v) is 12.7. The number of nitrogens with zero attached hydrogens (tertiary/aromatic N) is 1. The van der Waals surface area contributed by atoms with Gasteiger partial charge in [0.05, 0.1) is 0 Å². The fraction of sp³-hybridized carbons (Fsp3) is 0.134. The van der Waals surface area contributed by atoms with E-state index < -0.39 is 0 Å². The molecule has 0 amide bonds. The van der Waals surface area contributed by atoms with Gasteiger partial charge in [-0.05, 0) is 147 Å². The molecule has 0 radical (unpaired) electrons. The molecule has 0 atom stereocenters. The highest BCUT2D eigenvalue weighted by atomic mass is 15.1. The Labute approximate surface area is 401 Å². The minimum Gasteiger partial charge on any atom is -0.310 e. The largest absolute Gasteiger partial charge is 0.310 e. The maximum Gasteiger partial charge on any atom is 0.0465 e. The second-order valence-electron chi connectivity index (χ2n) is 20.8. The summed E-state index contributed by atoms with van der Waals surface area (Å²) in [6.07, 6.45) is 0. The van der Waals surface area contributed by atoms with E-state index in [9.17, 15) is 0 Å². The summed E-state index contributed by atoms with van der Waals surface area (Å²) >= 11 is 0. The molecular weight excluding hydrogens is 819 g/mol. The van der Waals surface area contributed by atoms with Gasteiger partial charge in [-0.25, -0.2) is 0 Å². The predicted molar refractivity (Wildman–Crippen MR) is 288 cm³/mol. The highest BCUT2D eigenvalue weighted by molar-refractivity contribution is 6.14. The molecule has 13 rings (SSSR count). The molecule has 3 aliphatic rings. The fourth-order valence-electron chi connectivity index (χ4n) is 12.7. The molecule has 0 N–H and O–H groups in total. The number of hydrogen-bond acceptors (Lipinski definition) is 1. The molecule has 10 aromatic carbocycles. The summed E-state index contributed by atoms with van der Waals surface area (Å²) in [5, 5.41) is 2.59. The topological polar surface area (TPSA) is 3.24 Å². The molecule has 68 heavy (non-hydrogen) atoms. The van der Waals surface area contributed by atoms with E-state index in [-0.39, 0.29) is 16.2 Å². The molecule has 0 spiro atoms. The Morgan fingerprint density at radius 2 is 0.662 bits per heavy atom. The van der Waals surface area contributed by atoms with E-state index in [0.29, 0.717) is 0 Å². The first-order chi connectivity index (χ1) is 33.0. The normalized spacial score (nSPS) is 15.0. The number of rotatable bonds is 6. The summed E-state index contributed by atoms with van der Waals surface area (Å²) in [7, 11) is 0. The Morgan fingerprint density at radius 3 is 1.24 bits per heavy atom. The zero-order valence-corrected chi connectivity index (χ0v) is 39.7. The maximum atomic E-state index is 2.49. The molecule has 0 bridgehead atoms. The van der Waals surface area contributed by atoms with Gasteiger partial charge < -0.3 is 4.90 Å². The Balaban J connectivity index is 1.02. The van der Waals surface area contributed by atoms with Gasteiger partial charge in [0.25, 0.3) is 0 Å². The van der Waals surface area contributed by atoms with Crippen LogP contribution in [0.1, 0.15) is 74.9 Å². The third-order valence-electron chi connectivity index (χ3n) is 16.1. The summed E-state index contributed by atoms with van der Waals surface area (Å²) in [5.74, 6) is 0. The van der Waals surface area contributed by atoms with Crippen LogP contribution in [0.4, 0.5) is 17.1 Å². The van der Waals surface area contributed by atoms with Gasteiger partial charge in [0.2, 0.25) is 0 Å². The first-order valence-electron chi connectivity index (χ1n) is 24.3. The van der Waals surface area contributed by atoms with Gasteiger partial charge in [0, 0.05) is 33.3 Å². The zero-order valence-electron chi connectivity index (χ0n) is 39.7. The number of anilines is 3. The molecule has 0 saturated carbocycles. The van der Waals surface area contributed by atoms with Crippen molar-refractivity contribution >= 4 is 27.8 Å². The van der Waals surface area contributed by atoms with E-state index >= 15 is 0 Å². The molecule has 1 heteroatoms. The Kier molecular flexibility index (Phi) is 8.72. The highest BCUT2D eigenvalue weighted by Gasteiger charge is 2.41. The lowest BCUT2D eigenvalue weighted by Gasteiger charge is -2.30. The molecule has 10 aromatic rings. The quantitative estimate of drug-likeness (QED) is 0.161. The monoisotopic (exact) mass is 871 g/mol. The van der Waals surface area contributed by atoms with Crippen molar-refractivity contribution in [3.05, 3.63) is 246 Å². The molecule has 0 unspecified atom stereocenters. The first kappa shape index (κ1) is 40.5. The molecular formula is C67H53N. The molecule has 0 aliphatic heterocycles. The van der Waals surface area contributed by atoms with Crippen molar-refractivity contribution in [2.24, 2.45) is 0 Å². The lowest BCUT2D eigenvalue weighted by atomic mass is 9.77. The van der Waals surface area contributed by atoms with E-state index in [0.717, 1.165) is 17.1 Å². The molecule has 0 saturated heterocycles. The minimum atomic E-state index is -0.176. The van der Waals surface area contributed by atoms with Crippen LogP contribution in [0.25, 0.3) is 77.5 Å². The average Bonchev–Trinajstić information content (AvgIpc) is 3.86. The van der Waals surface area contributed by atoms with Crippen LogP contribution in [0.2, 0.25) is 0 Å². The van der Waals surface area contributed by atoms with E-state index in [1.165, 1.54) is 111 Å². The maximum absolute atomic E-state index is 2.49. The predicted octanol–water partition coefficient (Wildman–Crippen LogP) is 18.2. The van der Waals surface area contributed by atoms with Gasteiger partial charge in [0.15, 0.2) is 0 Å². The lowest BCUT2D eigenvalue weighted by Crippen LogP contribution is -2.18. The van der Waals surface area contributed by atoms with Crippen LogP contribution in [-0.4, -0.2) is 0 Å². The number of fused-ring (bicyclic) bond motifs is 11. The van der Waals surface area contributed by atoms with E-state index in [1.54, 1.807) is 0 Å². The van der Waals surface area contributed by atoms with E-state index in [4.69, 9.17) is 0 Å². The summed E-state index contributed by atoms with van der Waals surface area (Å²) in [6, 6.07) is 79.9. The third-order valence-corrected chi connectivity index (χ3v) is 16.1. The molecule has 3 aliphatic carbocycles. The van der Waals surface area contributed by atoms with Crippen molar-refractivity contribution < 1.29 is 0 Å². The lowest BCUT2D eigenvalue weighted by molar-refractivity contribution is 0.660. The Bertz CT molecular complexity index is 3570. The van der Waals surface area contributed by atoms with Crippen molar-refractivity contribution in [1.82, 2.24) is 0 Å². The van der Waals surface area contributed by atoms with Crippen LogP contribution in [-0.2, 0) is 16.2 Å². The molecule has 0 fully saturated rings. The van der Waals surface area contributed by atoms with Crippen molar-refractivity contribution in [2.45, 2.75) is 57.8 Å². The molecule has 326 valence electrons. The van der Waals surface area contributed by atoms with Gasteiger partial charge in [-0.3, -0.25) is 0 Å². The summed E-state index contributed by atoms with van der Waals surface area (Å²) in [4.78, 5) is 2.49. The SMILES string of the molecule is CC1(C)c2ccccc2-c2ccc(N(c3ccc(-c4c(-c5ccc(-c6ccccc6)cc5)c5c(c6ccccc46)C(C)(C)c4ccccc4-5)cc3)c3ccc4c(c3)C(C)(C)c3ccccc3-4)cc21. The molecule has 1 nitrogen and oxygen atoms in total. The van der Waals surface area contributed by atoms with Gasteiger partial charge in [-0.15, -0.1) is 0 Å². The van der Waals surface area contributed by atoms with Crippen molar-refractivity contribution in [2.75, 3.05) is 4.90 Å². The first-order valence-corrected chi connectivity index (χ1v) is 24.3. The second-order valence-corrected chi connectivity index (χ2v) is 20.8. The smallest absolute Gasteiger partial charge is 0.0465 e. The summed E-state index contributed by atoms with van der Waals surface area (Å²) < 4.78 is 0. The van der Waals surface area contributed by atoms with Crippen LogP contribution >= 0.6 is 0 Å². The Hall–Kier alpha value is -7.74. The van der Waals surface area contributed by atoms with Crippen molar-refractivity contribution in [3.8, 4) is 66.8 Å². The van der Waals surface area contributed by atoms with Crippen LogP contribution in [0.3, 0.4) is 0 Å². The molecule has 0 aromatic heterocycles. The van der Waals surface area contributed by atoms with Gasteiger partial charge in [0.1, 0.15) is 0 Å². The van der Waals surface area contributed by atoms with E-state index in [2.05, 4.69) is 259 Å². The van der Waals surface area contributed by atoms with Crippen LogP contribution in [0.5, 0.6) is 0 Å². The highest BCUT2D eigenvalue weighted by Crippen LogP contribution is 2.59. The zero-order chi connectivity index (χ0) is 46.1. The third kappa shape index (κ3) is 5.75. The molecule has 0 heterocycles. The average molecular weight is 872 g/mol. The van der Waals surface area contributed by atoms with Crippen LogP contribution in [0, 0.1) is 0 Å². The second kappa shape index (κ2) is 14.6. The Morgan fingerprint density at radius 1 is 0.265 bits per heavy atom. The number of hydrogen-bond donors (Lipinski definition) is 0. The van der Waals surface area contributed by atoms with Crippen molar-refractivity contribution in [1.29, 1.82) is 0 Å². The minimum absolute atomic E-state index is 0.128. The number of benzene rings is 10. The summed E-state index contributed by atoms with van der Waals surface area (Å²) in [5.41, 5.74) is 26.7. The van der Waals surface area contributed by atoms with Gasteiger partial charge in [-0.1, -0.05) is 217 Å². The van der Waals surface area contributed by atoms with Crippen LogP contribution < -0.4 is 4.90 Å². The summed E-state index contributed by atoms with van der Waals surface area (Å²) in [6.45, 7) is 14.3. The van der Waals surface area contributed by atoms with Gasteiger partial charge in [-0.2, -0.15) is 0 Å². The van der Waals surface area contributed by atoms with Gasteiger partial charge >= 0.3 is 0 Å². The van der Waals surface area contributed by atoms with Crippen LogP contribution in [0.15, 0.2) is 212 Å². The van der Waals surface area contributed by atoms with Crippen molar-refractivity contribution in [3.63, 3.8) is 0 Å². The standard InChI is InChI=1S/C67H53N/c1-65(2)56-25-15-12-20-49(56)51-38-36-47(40-59(51)65)68(48-37-39-52-50-21-13-16-26-57(50)66(3,4)60(52)41-48)46-34-32-44(33-35-46)61-53-22-10-11-23-54(53)64-63(55-24-14-17-27-58(55)67(64,5)6)62(61)45-30-28-43(29-31-45)42-18-8-7-9-19-42/h7-41H,1-6H3.